The van der Waals surface area contributed by atoms with E-state index in [0.717, 1.165) is 42.4 Å². The molecule has 1 aromatic heterocycles. The second kappa shape index (κ2) is 10.3. The monoisotopic (exact) mass is 465 g/mol. The Hall–Kier alpha value is -3.73. The van der Waals surface area contributed by atoms with E-state index in [1.54, 1.807) is 6.20 Å². The van der Waals surface area contributed by atoms with Crippen LogP contribution in [0.3, 0.4) is 0 Å². The Bertz CT molecular complexity index is 1200. The third-order valence-electron chi connectivity index (χ3n) is 7.15. The van der Waals surface area contributed by atoms with Crippen LogP contribution >= 0.6 is 0 Å². The summed E-state index contributed by atoms with van der Waals surface area (Å²) in [4.78, 5) is 32.1. The first-order valence-corrected chi connectivity index (χ1v) is 12.5. The smallest absolute Gasteiger partial charge is 0.251 e. The minimum absolute atomic E-state index is 0.0575. The van der Waals surface area contributed by atoms with Crippen molar-refractivity contribution in [3.63, 3.8) is 0 Å². The number of carbonyl (C=O) groups excluding carboxylic acids is 2. The van der Waals surface area contributed by atoms with Gasteiger partial charge in [0.2, 0.25) is 5.91 Å². The molecule has 5 nitrogen and oxygen atoms in total. The number of benzene rings is 2. The quantitative estimate of drug-likeness (QED) is 0.555. The lowest BCUT2D eigenvalue weighted by Gasteiger charge is -2.37. The number of nitrogens with zero attached hydrogens (tertiary/aromatic N) is 2. The first-order chi connectivity index (χ1) is 17.1. The molecule has 1 N–H and O–H groups in total. The van der Waals surface area contributed by atoms with Gasteiger partial charge in [0.05, 0.1) is 6.42 Å². The fourth-order valence-electron chi connectivity index (χ4n) is 5.62. The predicted octanol–water partition coefficient (Wildman–Crippen LogP) is 5.03. The van der Waals surface area contributed by atoms with Crippen molar-refractivity contribution in [2.75, 3.05) is 6.54 Å². The van der Waals surface area contributed by atoms with Crippen molar-refractivity contribution in [1.82, 2.24) is 15.2 Å². The minimum Gasteiger partial charge on any atom is -0.352 e. The van der Waals surface area contributed by atoms with Crippen molar-refractivity contribution < 1.29 is 9.59 Å². The SMILES string of the molecule is CCNC(=O)c1ccc(/C(=C2\C[C@H]3CC[C@@H](C2)N3C(=O)Cc2ccccc2)c2cccnc2)cc1. The van der Waals surface area contributed by atoms with Crippen LogP contribution in [-0.4, -0.2) is 40.3 Å². The fraction of sp³-hybridized carbons (Fsp3) is 0.300. The van der Waals surface area contributed by atoms with Crippen LogP contribution in [0.15, 0.2) is 84.7 Å². The molecule has 0 radical (unpaired) electrons. The molecule has 2 atom stereocenters. The van der Waals surface area contributed by atoms with Crippen molar-refractivity contribution >= 4 is 17.4 Å². The third-order valence-corrected chi connectivity index (χ3v) is 7.15. The summed E-state index contributed by atoms with van der Waals surface area (Å²) in [7, 11) is 0. The van der Waals surface area contributed by atoms with E-state index < -0.39 is 0 Å². The first kappa shape index (κ1) is 23.0. The summed E-state index contributed by atoms with van der Waals surface area (Å²) in [5.41, 5.74) is 6.46. The summed E-state index contributed by atoms with van der Waals surface area (Å²) in [5.74, 6) is 0.176. The maximum Gasteiger partial charge on any atom is 0.251 e. The van der Waals surface area contributed by atoms with Gasteiger partial charge in [-0.25, -0.2) is 0 Å². The molecule has 0 spiro atoms. The Morgan fingerprint density at radius 1 is 0.886 bits per heavy atom. The molecule has 2 amide bonds. The molecule has 3 heterocycles. The first-order valence-electron chi connectivity index (χ1n) is 12.5. The van der Waals surface area contributed by atoms with Gasteiger partial charge in [-0.05, 0) is 67.5 Å². The average molecular weight is 466 g/mol. The van der Waals surface area contributed by atoms with Crippen LogP contribution in [-0.2, 0) is 11.2 Å². The Kier molecular flexibility index (Phi) is 6.75. The molecular formula is C30H31N3O2. The number of hydrogen-bond donors (Lipinski definition) is 1. The van der Waals surface area contributed by atoms with Gasteiger partial charge in [0.25, 0.3) is 5.91 Å². The van der Waals surface area contributed by atoms with Gasteiger partial charge in [-0.1, -0.05) is 54.1 Å². The van der Waals surface area contributed by atoms with Gasteiger partial charge in [0.15, 0.2) is 0 Å². The number of nitrogens with one attached hydrogen (secondary N) is 1. The lowest BCUT2D eigenvalue weighted by molar-refractivity contribution is -0.134. The van der Waals surface area contributed by atoms with Crippen molar-refractivity contribution in [3.05, 3.63) is 107 Å². The normalized spacial score (nSPS) is 20.4. The van der Waals surface area contributed by atoms with Crippen molar-refractivity contribution in [2.24, 2.45) is 0 Å². The molecule has 2 aliphatic rings. The molecule has 178 valence electrons. The van der Waals surface area contributed by atoms with Crippen LogP contribution in [0.1, 0.15) is 59.7 Å². The number of hydrogen-bond acceptors (Lipinski definition) is 3. The molecular weight excluding hydrogens is 434 g/mol. The van der Waals surface area contributed by atoms with Gasteiger partial charge in [-0.15, -0.1) is 0 Å². The van der Waals surface area contributed by atoms with Crippen LogP contribution in [0.2, 0.25) is 0 Å². The lowest BCUT2D eigenvalue weighted by atomic mass is 9.85. The van der Waals surface area contributed by atoms with Gasteiger partial charge in [-0.2, -0.15) is 0 Å². The molecule has 0 saturated carbocycles. The van der Waals surface area contributed by atoms with Gasteiger partial charge in [-0.3, -0.25) is 14.6 Å². The van der Waals surface area contributed by atoms with Gasteiger partial charge < -0.3 is 10.2 Å². The lowest BCUT2D eigenvalue weighted by Crippen LogP contribution is -2.45. The molecule has 2 bridgehead atoms. The summed E-state index contributed by atoms with van der Waals surface area (Å²) in [6.07, 6.45) is 8.01. The van der Waals surface area contributed by atoms with Crippen molar-refractivity contribution in [1.29, 1.82) is 0 Å². The number of carbonyl (C=O) groups is 2. The standard InChI is InChI=1S/C30H31N3O2/c1-2-32-30(35)23-12-10-22(11-13-23)29(24-9-6-16-31-20-24)25-18-26-14-15-27(19-25)33(26)28(34)17-21-7-4-3-5-8-21/h3-13,16,20,26-27H,2,14-15,17-19H2,1H3,(H,32,35)/b29-25-/t26-,27+/m1/s1. The van der Waals surface area contributed by atoms with Crippen LogP contribution in [0.25, 0.3) is 5.57 Å². The second-order valence-corrected chi connectivity index (χ2v) is 9.41. The van der Waals surface area contributed by atoms with Crippen LogP contribution in [0.5, 0.6) is 0 Å². The summed E-state index contributed by atoms with van der Waals surface area (Å²) in [6.45, 7) is 2.52. The van der Waals surface area contributed by atoms with Gasteiger partial charge in [0, 0.05) is 42.1 Å². The zero-order valence-corrected chi connectivity index (χ0v) is 20.1. The number of fused-ring (bicyclic) bond motifs is 2. The highest BCUT2D eigenvalue weighted by Gasteiger charge is 2.41. The van der Waals surface area contributed by atoms with Crippen molar-refractivity contribution in [3.8, 4) is 0 Å². The molecule has 0 aliphatic carbocycles. The number of piperidine rings is 1. The van der Waals surface area contributed by atoms with Gasteiger partial charge >= 0.3 is 0 Å². The second-order valence-electron chi connectivity index (χ2n) is 9.41. The molecule has 0 unspecified atom stereocenters. The molecule has 2 aliphatic heterocycles. The molecule has 2 aromatic carbocycles. The Morgan fingerprint density at radius 3 is 2.20 bits per heavy atom. The van der Waals surface area contributed by atoms with Crippen molar-refractivity contribution in [2.45, 2.75) is 51.1 Å². The van der Waals surface area contributed by atoms with E-state index in [0.29, 0.717) is 18.5 Å². The number of amides is 2. The molecule has 2 fully saturated rings. The maximum absolute atomic E-state index is 13.3. The minimum atomic E-state index is -0.0575. The van der Waals surface area contributed by atoms with E-state index in [1.165, 1.54) is 11.1 Å². The Morgan fingerprint density at radius 2 is 1.57 bits per heavy atom. The van der Waals surface area contributed by atoms with E-state index in [1.807, 2.05) is 73.8 Å². The maximum atomic E-state index is 13.3. The zero-order valence-electron chi connectivity index (χ0n) is 20.1. The topological polar surface area (TPSA) is 62.3 Å². The number of pyridine rings is 1. The summed E-state index contributed by atoms with van der Waals surface area (Å²) < 4.78 is 0. The summed E-state index contributed by atoms with van der Waals surface area (Å²) >= 11 is 0. The fourth-order valence-corrected chi connectivity index (χ4v) is 5.62. The van der Waals surface area contributed by atoms with E-state index in [4.69, 9.17) is 0 Å². The predicted molar refractivity (Wildman–Crippen MR) is 138 cm³/mol. The molecule has 35 heavy (non-hydrogen) atoms. The molecule has 2 saturated heterocycles. The summed E-state index contributed by atoms with van der Waals surface area (Å²) in [5, 5.41) is 2.86. The average Bonchev–Trinajstić information content (AvgIpc) is 3.16. The largest absolute Gasteiger partial charge is 0.352 e. The van der Waals surface area contributed by atoms with Crippen LogP contribution < -0.4 is 5.32 Å². The molecule has 3 aromatic rings. The van der Waals surface area contributed by atoms with E-state index in [2.05, 4.69) is 21.3 Å². The Labute approximate surface area is 206 Å². The highest BCUT2D eigenvalue weighted by molar-refractivity contribution is 5.95. The number of rotatable bonds is 6. The molecule has 5 rings (SSSR count). The summed E-state index contributed by atoms with van der Waals surface area (Å²) in [6, 6.07) is 22.4. The highest BCUT2D eigenvalue weighted by atomic mass is 16.2. The van der Waals surface area contributed by atoms with E-state index in [-0.39, 0.29) is 23.9 Å². The third kappa shape index (κ3) is 4.90. The Balaban J connectivity index is 1.44. The van der Waals surface area contributed by atoms with E-state index in [9.17, 15) is 9.59 Å². The highest BCUT2D eigenvalue weighted by Crippen LogP contribution is 2.43. The number of aromatic nitrogens is 1. The van der Waals surface area contributed by atoms with Gasteiger partial charge in [0.1, 0.15) is 0 Å². The van der Waals surface area contributed by atoms with Crippen LogP contribution in [0, 0.1) is 0 Å². The molecule has 5 heteroatoms. The zero-order chi connectivity index (χ0) is 24.2. The van der Waals surface area contributed by atoms with E-state index >= 15 is 0 Å². The van der Waals surface area contributed by atoms with Crippen LogP contribution in [0.4, 0.5) is 0 Å².